The van der Waals surface area contributed by atoms with Gasteiger partial charge in [0.1, 0.15) is 0 Å². The predicted molar refractivity (Wildman–Crippen MR) is 58.0 cm³/mol. The normalized spacial score (nSPS) is 33.0. The molecule has 0 bridgehead atoms. The molecule has 2 atom stereocenters. The molecule has 1 N–H and O–H groups in total. The molecule has 2 nitrogen and oxygen atoms in total. The van der Waals surface area contributed by atoms with Crippen LogP contribution in [0.2, 0.25) is 0 Å². The Labute approximate surface area is 82.7 Å². The molecule has 2 aliphatic heterocycles. The maximum absolute atomic E-state index is 3.47. The van der Waals surface area contributed by atoms with E-state index in [2.05, 4.69) is 24.1 Å². The fourth-order valence-electron chi connectivity index (χ4n) is 2.52. The fourth-order valence-corrected chi connectivity index (χ4v) is 2.52. The van der Waals surface area contributed by atoms with Crippen molar-refractivity contribution in [2.75, 3.05) is 19.6 Å². The lowest BCUT2D eigenvalue weighted by atomic mass is 10.0. The van der Waals surface area contributed by atoms with Crippen molar-refractivity contribution in [3.05, 3.63) is 0 Å². The molecular weight excluding hydrogens is 160 g/mol. The van der Waals surface area contributed by atoms with Gasteiger partial charge in [-0.05, 0) is 39.3 Å². The second-order valence-electron chi connectivity index (χ2n) is 4.11. The number of rotatable bonds is 1. The van der Waals surface area contributed by atoms with Gasteiger partial charge < -0.3 is 5.32 Å². The Kier molecular flexibility index (Phi) is 4.20. The molecule has 0 aromatic carbocycles. The summed E-state index contributed by atoms with van der Waals surface area (Å²) in [6.07, 6.45) is 1.41. The van der Waals surface area contributed by atoms with Gasteiger partial charge in [-0.3, -0.25) is 4.90 Å². The molecule has 0 amide bonds. The lowest BCUT2D eigenvalue weighted by molar-refractivity contribution is 0.203. The maximum Gasteiger partial charge on any atom is 0.0264 e. The molecule has 0 aromatic rings. The van der Waals surface area contributed by atoms with E-state index in [4.69, 9.17) is 0 Å². The number of nitrogens with one attached hydrogen (secondary N) is 1. The Balaban J connectivity index is 0.000000396. The van der Waals surface area contributed by atoms with E-state index in [9.17, 15) is 0 Å². The molecule has 2 aliphatic rings. The quantitative estimate of drug-likeness (QED) is 0.667. The van der Waals surface area contributed by atoms with Crippen LogP contribution >= 0.6 is 0 Å². The fraction of sp³-hybridized carbons (Fsp3) is 1.00. The van der Waals surface area contributed by atoms with Crippen molar-refractivity contribution in [2.24, 2.45) is 5.92 Å². The van der Waals surface area contributed by atoms with Crippen LogP contribution in [0, 0.1) is 5.92 Å². The van der Waals surface area contributed by atoms with Crippen molar-refractivity contribution in [1.82, 2.24) is 10.2 Å². The zero-order chi connectivity index (χ0) is 9.84. The average Bonchev–Trinajstić information content (AvgIpc) is 2.66. The first-order chi connectivity index (χ1) is 6.29. The smallest absolute Gasteiger partial charge is 0.0264 e. The largest absolute Gasteiger partial charge is 0.315 e. The first-order valence-electron chi connectivity index (χ1n) is 5.75. The van der Waals surface area contributed by atoms with Crippen molar-refractivity contribution < 1.29 is 0 Å². The van der Waals surface area contributed by atoms with Crippen molar-refractivity contribution in [3.8, 4) is 0 Å². The van der Waals surface area contributed by atoms with Gasteiger partial charge in [0.05, 0.1) is 0 Å². The zero-order valence-electron chi connectivity index (χ0n) is 9.51. The summed E-state index contributed by atoms with van der Waals surface area (Å²) in [6, 6.07) is 1.60. The SMILES string of the molecule is CC.CC(C)N1CCC2CNCC21. The van der Waals surface area contributed by atoms with Crippen LogP contribution in [0.3, 0.4) is 0 Å². The summed E-state index contributed by atoms with van der Waals surface area (Å²) >= 11 is 0. The van der Waals surface area contributed by atoms with E-state index in [0.717, 1.165) is 18.0 Å². The van der Waals surface area contributed by atoms with E-state index >= 15 is 0 Å². The van der Waals surface area contributed by atoms with Gasteiger partial charge in [-0.25, -0.2) is 0 Å². The highest BCUT2D eigenvalue weighted by Gasteiger charge is 2.38. The molecule has 2 heteroatoms. The lowest BCUT2D eigenvalue weighted by Crippen LogP contribution is -2.38. The van der Waals surface area contributed by atoms with Crippen LogP contribution in [-0.2, 0) is 0 Å². The average molecular weight is 184 g/mol. The Bertz CT molecular complexity index is 145. The molecule has 2 rings (SSSR count). The van der Waals surface area contributed by atoms with E-state index < -0.39 is 0 Å². The third kappa shape index (κ3) is 2.23. The highest BCUT2D eigenvalue weighted by Crippen LogP contribution is 2.28. The molecule has 0 spiro atoms. The van der Waals surface area contributed by atoms with Crippen molar-refractivity contribution >= 4 is 0 Å². The van der Waals surface area contributed by atoms with Crippen molar-refractivity contribution in [3.63, 3.8) is 0 Å². The summed E-state index contributed by atoms with van der Waals surface area (Å²) in [4.78, 5) is 2.64. The van der Waals surface area contributed by atoms with Crippen LogP contribution in [0.25, 0.3) is 0 Å². The van der Waals surface area contributed by atoms with E-state index in [1.165, 1.54) is 26.1 Å². The molecule has 2 fully saturated rings. The molecule has 2 heterocycles. The highest BCUT2D eigenvalue weighted by molar-refractivity contribution is 4.95. The van der Waals surface area contributed by atoms with Crippen LogP contribution in [0.5, 0.6) is 0 Å². The predicted octanol–water partition coefficient (Wildman–Crippen LogP) is 1.71. The Hall–Kier alpha value is -0.0800. The Morgan fingerprint density at radius 2 is 1.92 bits per heavy atom. The zero-order valence-corrected chi connectivity index (χ0v) is 9.51. The van der Waals surface area contributed by atoms with Crippen LogP contribution in [0.4, 0.5) is 0 Å². The molecule has 0 saturated carbocycles. The summed E-state index contributed by atoms with van der Waals surface area (Å²) in [5.41, 5.74) is 0. The first-order valence-corrected chi connectivity index (χ1v) is 5.75. The van der Waals surface area contributed by atoms with Gasteiger partial charge in [-0.2, -0.15) is 0 Å². The Morgan fingerprint density at radius 1 is 1.23 bits per heavy atom. The summed E-state index contributed by atoms with van der Waals surface area (Å²) in [5.74, 6) is 0.956. The van der Waals surface area contributed by atoms with Gasteiger partial charge >= 0.3 is 0 Å². The monoisotopic (exact) mass is 184 g/mol. The molecular formula is C11H24N2. The molecule has 2 unspecified atom stereocenters. The van der Waals surface area contributed by atoms with Gasteiger partial charge in [0, 0.05) is 18.6 Å². The minimum absolute atomic E-state index is 0.741. The van der Waals surface area contributed by atoms with E-state index in [1.54, 1.807) is 0 Å². The van der Waals surface area contributed by atoms with Crippen molar-refractivity contribution in [2.45, 2.75) is 46.2 Å². The highest BCUT2D eigenvalue weighted by atomic mass is 15.2. The van der Waals surface area contributed by atoms with Crippen molar-refractivity contribution in [1.29, 1.82) is 0 Å². The molecule has 13 heavy (non-hydrogen) atoms. The van der Waals surface area contributed by atoms with Crippen LogP contribution < -0.4 is 5.32 Å². The minimum Gasteiger partial charge on any atom is -0.315 e. The van der Waals surface area contributed by atoms with Gasteiger partial charge in [-0.15, -0.1) is 0 Å². The topological polar surface area (TPSA) is 15.3 Å². The molecule has 0 radical (unpaired) electrons. The number of hydrogen-bond donors (Lipinski definition) is 1. The van der Waals surface area contributed by atoms with Gasteiger partial charge in [0.2, 0.25) is 0 Å². The van der Waals surface area contributed by atoms with E-state index in [-0.39, 0.29) is 0 Å². The Morgan fingerprint density at radius 3 is 2.54 bits per heavy atom. The first kappa shape index (κ1) is 11.0. The summed E-state index contributed by atoms with van der Waals surface area (Å²) in [7, 11) is 0. The number of fused-ring (bicyclic) bond motifs is 1. The number of nitrogens with zero attached hydrogens (tertiary/aromatic N) is 1. The second-order valence-corrected chi connectivity index (χ2v) is 4.11. The number of likely N-dealkylation sites (tertiary alicyclic amines) is 1. The van der Waals surface area contributed by atoms with Gasteiger partial charge in [0.15, 0.2) is 0 Å². The van der Waals surface area contributed by atoms with E-state index in [0.29, 0.717) is 0 Å². The third-order valence-corrected chi connectivity index (χ3v) is 3.15. The maximum atomic E-state index is 3.47. The van der Waals surface area contributed by atoms with Crippen LogP contribution in [0.15, 0.2) is 0 Å². The third-order valence-electron chi connectivity index (χ3n) is 3.15. The standard InChI is InChI=1S/C9H18N2.C2H6/c1-7(2)11-4-3-8-5-10-6-9(8)11;1-2/h7-10H,3-6H2,1-2H3;1-2H3. The summed E-state index contributed by atoms with van der Waals surface area (Å²) in [5, 5.41) is 3.47. The number of hydrogen-bond acceptors (Lipinski definition) is 2. The summed E-state index contributed by atoms with van der Waals surface area (Å²) in [6.45, 7) is 12.4. The molecule has 0 aliphatic carbocycles. The van der Waals surface area contributed by atoms with E-state index in [1.807, 2.05) is 13.8 Å². The van der Waals surface area contributed by atoms with Crippen LogP contribution in [0.1, 0.15) is 34.1 Å². The molecule has 2 saturated heterocycles. The lowest BCUT2D eigenvalue weighted by Gasteiger charge is -2.26. The van der Waals surface area contributed by atoms with Gasteiger partial charge in [0.25, 0.3) is 0 Å². The second kappa shape index (κ2) is 4.97. The van der Waals surface area contributed by atoms with Crippen LogP contribution in [-0.4, -0.2) is 36.6 Å². The molecule has 78 valence electrons. The minimum atomic E-state index is 0.741. The molecule has 0 aromatic heterocycles. The van der Waals surface area contributed by atoms with Gasteiger partial charge in [-0.1, -0.05) is 13.8 Å². The summed E-state index contributed by atoms with van der Waals surface area (Å²) < 4.78 is 0.